The number of likely N-dealkylation sites (tertiary alicyclic amines) is 1. The molecule has 2 aliphatic carbocycles. The second-order valence-electron chi connectivity index (χ2n) is 10.8. The molecule has 5 rings (SSSR count). The van der Waals surface area contributed by atoms with E-state index in [0.717, 1.165) is 51.4 Å². The summed E-state index contributed by atoms with van der Waals surface area (Å²) < 4.78 is 25.5. The molecule has 37 heavy (non-hydrogen) atoms. The number of phenolic OH excluding ortho intramolecular Hbond substituents is 1. The summed E-state index contributed by atoms with van der Waals surface area (Å²) in [7, 11) is 0. The Kier molecular flexibility index (Phi) is 7.53. The number of rotatable bonds is 8. The van der Waals surface area contributed by atoms with Crippen LogP contribution in [-0.4, -0.2) is 54.2 Å². The molecular weight excluding hydrogens is 475 g/mol. The fraction of sp³-hybridized carbons (Fsp3) is 0.517. The molecule has 198 valence electrons. The van der Waals surface area contributed by atoms with E-state index >= 15 is 0 Å². The monoisotopic (exact) mass is 510 g/mol. The van der Waals surface area contributed by atoms with Crippen LogP contribution in [-0.2, 0) is 4.79 Å². The lowest BCUT2D eigenvalue weighted by Crippen LogP contribution is -2.47. The molecule has 3 fully saturated rings. The Balaban J connectivity index is 1.05. The molecule has 0 bridgehead atoms. The number of aromatic hydroxyl groups is 1. The SMILES string of the molecule is O=C(COc1ccc(O)cc1)NC1CCC2(CC1)CCN(C(=O)c1ccc(OCC3CC3)c(F)c1)CC2. The highest BCUT2D eigenvalue weighted by Gasteiger charge is 2.39. The summed E-state index contributed by atoms with van der Waals surface area (Å²) in [6.45, 7) is 1.81. The summed E-state index contributed by atoms with van der Waals surface area (Å²) in [5, 5.41) is 12.4. The smallest absolute Gasteiger partial charge is 0.258 e. The number of benzene rings is 2. The summed E-state index contributed by atoms with van der Waals surface area (Å²) >= 11 is 0. The van der Waals surface area contributed by atoms with Crippen LogP contribution in [0, 0.1) is 17.2 Å². The van der Waals surface area contributed by atoms with Crippen molar-refractivity contribution in [3.05, 3.63) is 53.8 Å². The topological polar surface area (TPSA) is 88.1 Å². The molecule has 1 saturated heterocycles. The molecular formula is C29H35FN2O5. The van der Waals surface area contributed by atoms with Gasteiger partial charge in [-0.3, -0.25) is 9.59 Å². The van der Waals surface area contributed by atoms with Gasteiger partial charge in [0.05, 0.1) is 6.61 Å². The zero-order valence-corrected chi connectivity index (χ0v) is 21.1. The zero-order valence-electron chi connectivity index (χ0n) is 21.1. The van der Waals surface area contributed by atoms with Crippen molar-refractivity contribution in [3.63, 3.8) is 0 Å². The molecule has 2 amide bonds. The van der Waals surface area contributed by atoms with Crippen molar-refractivity contribution < 1.29 is 28.6 Å². The number of halogens is 1. The van der Waals surface area contributed by atoms with E-state index in [9.17, 15) is 19.1 Å². The fourth-order valence-electron chi connectivity index (χ4n) is 5.44. The Morgan fingerprint density at radius 2 is 1.68 bits per heavy atom. The van der Waals surface area contributed by atoms with Crippen LogP contribution in [0.25, 0.3) is 0 Å². The molecule has 0 unspecified atom stereocenters. The minimum Gasteiger partial charge on any atom is -0.508 e. The molecule has 7 nitrogen and oxygen atoms in total. The number of amides is 2. The quantitative estimate of drug-likeness (QED) is 0.539. The first-order chi connectivity index (χ1) is 17.9. The first kappa shape index (κ1) is 25.4. The summed E-state index contributed by atoms with van der Waals surface area (Å²) in [6.07, 6.45) is 7.98. The number of nitrogens with zero attached hydrogens (tertiary/aromatic N) is 1. The minimum absolute atomic E-state index is 0.0578. The largest absolute Gasteiger partial charge is 0.508 e. The summed E-state index contributed by atoms with van der Waals surface area (Å²) in [5.41, 5.74) is 0.569. The van der Waals surface area contributed by atoms with E-state index in [4.69, 9.17) is 9.47 Å². The third kappa shape index (κ3) is 6.53. The van der Waals surface area contributed by atoms with Crippen molar-refractivity contribution in [2.45, 2.75) is 57.4 Å². The van der Waals surface area contributed by atoms with Crippen LogP contribution < -0.4 is 14.8 Å². The lowest BCUT2D eigenvalue weighted by atomic mass is 9.67. The standard InChI is InChI=1S/C29H35FN2O5/c30-25-17-21(3-8-26(25)37-18-20-1-2-20)28(35)32-15-13-29(14-16-32)11-9-22(10-12-29)31-27(34)19-36-24-6-4-23(33)5-7-24/h3-8,17,20,22,33H,1-2,9-16,18-19H2,(H,31,34). The van der Waals surface area contributed by atoms with Crippen LogP contribution in [0.5, 0.6) is 17.2 Å². The Bertz CT molecular complexity index is 1100. The van der Waals surface area contributed by atoms with Crippen LogP contribution in [0.15, 0.2) is 42.5 Å². The van der Waals surface area contributed by atoms with Crippen molar-refractivity contribution in [3.8, 4) is 17.2 Å². The maximum absolute atomic E-state index is 14.5. The molecule has 2 N–H and O–H groups in total. The Morgan fingerprint density at radius 3 is 2.32 bits per heavy atom. The second-order valence-corrected chi connectivity index (χ2v) is 10.8. The number of ether oxygens (including phenoxy) is 2. The van der Waals surface area contributed by atoms with E-state index in [-0.39, 0.29) is 41.4 Å². The van der Waals surface area contributed by atoms with E-state index in [2.05, 4.69) is 5.32 Å². The number of carbonyl (C=O) groups is 2. The fourth-order valence-corrected chi connectivity index (χ4v) is 5.44. The van der Waals surface area contributed by atoms with Gasteiger partial charge in [-0.15, -0.1) is 0 Å². The molecule has 8 heteroatoms. The van der Waals surface area contributed by atoms with Crippen LogP contribution >= 0.6 is 0 Å². The number of hydrogen-bond acceptors (Lipinski definition) is 5. The van der Waals surface area contributed by atoms with Gasteiger partial charge in [0.25, 0.3) is 11.8 Å². The first-order valence-corrected chi connectivity index (χ1v) is 13.3. The van der Waals surface area contributed by atoms with Crippen molar-refractivity contribution in [2.75, 3.05) is 26.3 Å². The maximum Gasteiger partial charge on any atom is 0.258 e. The minimum atomic E-state index is -0.478. The van der Waals surface area contributed by atoms with E-state index < -0.39 is 5.82 Å². The van der Waals surface area contributed by atoms with E-state index in [1.807, 2.05) is 4.90 Å². The molecule has 1 spiro atoms. The van der Waals surface area contributed by atoms with Gasteiger partial charge in [0.1, 0.15) is 11.5 Å². The molecule has 1 heterocycles. The first-order valence-electron chi connectivity index (χ1n) is 13.3. The Morgan fingerprint density at radius 1 is 0.973 bits per heavy atom. The van der Waals surface area contributed by atoms with Crippen LogP contribution in [0.4, 0.5) is 4.39 Å². The van der Waals surface area contributed by atoms with Crippen LogP contribution in [0.2, 0.25) is 0 Å². The number of phenols is 1. The third-order valence-electron chi connectivity index (χ3n) is 8.08. The van der Waals surface area contributed by atoms with Crippen molar-refractivity contribution in [2.24, 2.45) is 11.3 Å². The highest BCUT2D eigenvalue weighted by atomic mass is 19.1. The van der Waals surface area contributed by atoms with E-state index in [1.54, 1.807) is 24.3 Å². The summed E-state index contributed by atoms with van der Waals surface area (Å²) in [4.78, 5) is 27.2. The number of piperidine rings is 1. The molecule has 2 aromatic carbocycles. The second kappa shape index (κ2) is 11.0. The summed E-state index contributed by atoms with van der Waals surface area (Å²) in [6, 6.07) is 11.0. The van der Waals surface area contributed by atoms with Crippen LogP contribution in [0.3, 0.4) is 0 Å². The number of hydrogen-bond donors (Lipinski definition) is 2. The molecule has 3 aliphatic rings. The molecule has 0 atom stereocenters. The molecule has 2 saturated carbocycles. The lowest BCUT2D eigenvalue weighted by Gasteiger charge is -2.46. The van der Waals surface area contributed by atoms with E-state index in [1.165, 1.54) is 18.2 Å². The van der Waals surface area contributed by atoms with Crippen molar-refractivity contribution in [1.82, 2.24) is 10.2 Å². The molecule has 2 aromatic rings. The predicted octanol–water partition coefficient (Wildman–Crippen LogP) is 4.68. The van der Waals surface area contributed by atoms with Gasteiger partial charge in [-0.2, -0.15) is 0 Å². The van der Waals surface area contributed by atoms with Gasteiger partial charge in [0, 0.05) is 24.7 Å². The van der Waals surface area contributed by atoms with Gasteiger partial charge in [-0.25, -0.2) is 4.39 Å². The third-order valence-corrected chi connectivity index (χ3v) is 8.08. The summed E-state index contributed by atoms with van der Waals surface area (Å²) in [5.74, 6) is 0.698. The average Bonchev–Trinajstić information content (AvgIpc) is 3.74. The molecule has 0 aromatic heterocycles. The predicted molar refractivity (Wildman–Crippen MR) is 136 cm³/mol. The van der Waals surface area contributed by atoms with E-state index in [0.29, 0.717) is 36.9 Å². The molecule has 1 aliphatic heterocycles. The number of nitrogens with one attached hydrogen (secondary N) is 1. The van der Waals surface area contributed by atoms with Gasteiger partial charge in [0.15, 0.2) is 18.2 Å². The van der Waals surface area contributed by atoms with Gasteiger partial charge < -0.3 is 24.8 Å². The zero-order chi connectivity index (χ0) is 25.8. The Labute approximate surface area is 216 Å². The highest BCUT2D eigenvalue weighted by Crippen LogP contribution is 2.45. The van der Waals surface area contributed by atoms with Crippen LogP contribution in [0.1, 0.15) is 61.7 Å². The lowest BCUT2D eigenvalue weighted by molar-refractivity contribution is -0.124. The normalized spacial score (nSPS) is 19.4. The van der Waals surface area contributed by atoms with Crippen molar-refractivity contribution in [1.29, 1.82) is 0 Å². The van der Waals surface area contributed by atoms with Gasteiger partial charge >= 0.3 is 0 Å². The number of carbonyl (C=O) groups excluding carboxylic acids is 2. The van der Waals surface area contributed by atoms with Gasteiger partial charge in [-0.05, 0) is 105 Å². The van der Waals surface area contributed by atoms with Crippen molar-refractivity contribution >= 4 is 11.8 Å². The van der Waals surface area contributed by atoms with Gasteiger partial charge in [0.2, 0.25) is 0 Å². The molecule has 0 radical (unpaired) electrons. The highest BCUT2D eigenvalue weighted by molar-refractivity contribution is 5.94. The average molecular weight is 511 g/mol. The Hall–Kier alpha value is -3.29. The maximum atomic E-state index is 14.5. The van der Waals surface area contributed by atoms with Gasteiger partial charge in [-0.1, -0.05) is 0 Å².